The number of sulfonamides is 1. The number of aromatic nitrogens is 2. The van der Waals surface area contributed by atoms with Crippen molar-refractivity contribution in [3.63, 3.8) is 0 Å². The molecule has 1 aliphatic carbocycles. The van der Waals surface area contributed by atoms with E-state index in [1.165, 1.54) is 23.1 Å². The first-order chi connectivity index (χ1) is 14.9. The fraction of sp³-hybridized carbons (Fsp3) is 0.250. The third kappa shape index (κ3) is 4.08. The highest BCUT2D eigenvalue weighted by molar-refractivity contribution is 7.92. The van der Waals surface area contributed by atoms with Crippen LogP contribution in [0, 0.1) is 0 Å². The highest BCUT2D eigenvalue weighted by Gasteiger charge is 2.32. The molecule has 0 spiro atoms. The maximum atomic E-state index is 12.9. The second-order valence-corrected chi connectivity index (χ2v) is 9.45. The van der Waals surface area contributed by atoms with Gasteiger partial charge < -0.3 is 9.26 Å². The standard InChI is InChI=1S/C20H17ClN4O5S/c21-13-3-5-14(6-4-13)24-31(27,28)15-7-8-17-16(9-15)25(19(26)11-29-17)10-18-22-20(30-23-18)12-1-2-12/h3-9,12,24H,1-2,10-11H2. The average molecular weight is 461 g/mol. The number of rotatable bonds is 6. The van der Waals surface area contributed by atoms with Crippen LogP contribution < -0.4 is 14.4 Å². The number of ether oxygens (including phenoxy) is 1. The van der Waals surface area contributed by atoms with E-state index in [2.05, 4.69) is 14.9 Å². The van der Waals surface area contributed by atoms with Gasteiger partial charge in [0.2, 0.25) is 5.89 Å². The topological polar surface area (TPSA) is 115 Å². The molecule has 0 unspecified atom stereocenters. The van der Waals surface area contributed by atoms with Gasteiger partial charge in [-0.2, -0.15) is 4.98 Å². The molecule has 160 valence electrons. The molecular formula is C20H17ClN4O5S. The number of nitrogens with zero attached hydrogens (tertiary/aromatic N) is 3. The first-order valence-electron chi connectivity index (χ1n) is 9.57. The second kappa shape index (κ2) is 7.54. The number of hydrogen-bond donors (Lipinski definition) is 1. The van der Waals surface area contributed by atoms with E-state index >= 15 is 0 Å². The minimum absolute atomic E-state index is 0.0173. The highest BCUT2D eigenvalue weighted by Crippen LogP contribution is 2.39. The molecule has 1 amide bonds. The van der Waals surface area contributed by atoms with Gasteiger partial charge >= 0.3 is 0 Å². The normalized spacial score (nSPS) is 16.0. The van der Waals surface area contributed by atoms with Crippen LogP contribution in [0.2, 0.25) is 5.02 Å². The van der Waals surface area contributed by atoms with Crippen molar-refractivity contribution in [3.8, 4) is 5.75 Å². The van der Waals surface area contributed by atoms with E-state index < -0.39 is 10.0 Å². The Morgan fingerprint density at radius 1 is 1.16 bits per heavy atom. The average Bonchev–Trinajstić information content (AvgIpc) is 3.50. The number of anilines is 2. The summed E-state index contributed by atoms with van der Waals surface area (Å²) in [6.07, 6.45) is 2.03. The van der Waals surface area contributed by atoms with Gasteiger partial charge in [-0.05, 0) is 55.3 Å². The maximum Gasteiger partial charge on any atom is 0.265 e. The maximum absolute atomic E-state index is 12.9. The van der Waals surface area contributed by atoms with Crippen LogP contribution in [-0.4, -0.2) is 31.1 Å². The summed E-state index contributed by atoms with van der Waals surface area (Å²) in [5, 5.41) is 4.45. The van der Waals surface area contributed by atoms with E-state index in [-0.39, 0.29) is 24.0 Å². The highest BCUT2D eigenvalue weighted by atomic mass is 35.5. The lowest BCUT2D eigenvalue weighted by Crippen LogP contribution is -2.38. The summed E-state index contributed by atoms with van der Waals surface area (Å²) >= 11 is 5.85. The largest absolute Gasteiger partial charge is 0.482 e. The molecule has 3 aromatic rings. The molecule has 2 aromatic carbocycles. The Morgan fingerprint density at radius 2 is 1.94 bits per heavy atom. The summed E-state index contributed by atoms with van der Waals surface area (Å²) in [6.45, 7) is -0.102. The predicted molar refractivity (Wildman–Crippen MR) is 112 cm³/mol. The molecule has 2 heterocycles. The van der Waals surface area contributed by atoms with Gasteiger partial charge in [0.05, 0.1) is 17.1 Å². The molecule has 0 atom stereocenters. The van der Waals surface area contributed by atoms with Gasteiger partial charge in [0, 0.05) is 16.6 Å². The van der Waals surface area contributed by atoms with Crippen LogP contribution in [0.1, 0.15) is 30.5 Å². The molecule has 1 N–H and O–H groups in total. The lowest BCUT2D eigenvalue weighted by molar-refractivity contribution is -0.121. The second-order valence-electron chi connectivity index (χ2n) is 7.33. The zero-order valence-electron chi connectivity index (χ0n) is 16.1. The number of benzene rings is 2. The quantitative estimate of drug-likeness (QED) is 0.599. The Hall–Kier alpha value is -3.11. The van der Waals surface area contributed by atoms with E-state index in [1.54, 1.807) is 24.3 Å². The lowest BCUT2D eigenvalue weighted by atomic mass is 10.2. The van der Waals surface area contributed by atoms with Crippen LogP contribution >= 0.6 is 11.6 Å². The van der Waals surface area contributed by atoms with Crippen LogP contribution in [0.5, 0.6) is 5.75 Å². The first-order valence-corrected chi connectivity index (χ1v) is 11.4. The number of nitrogens with one attached hydrogen (secondary N) is 1. The summed E-state index contributed by atoms with van der Waals surface area (Å²) < 4.78 is 39.0. The van der Waals surface area contributed by atoms with E-state index in [4.69, 9.17) is 20.9 Å². The molecule has 9 nitrogen and oxygen atoms in total. The van der Waals surface area contributed by atoms with Crippen molar-refractivity contribution in [2.75, 3.05) is 16.2 Å². The summed E-state index contributed by atoms with van der Waals surface area (Å²) in [4.78, 5) is 18.3. The Balaban J connectivity index is 1.44. The molecule has 0 saturated heterocycles. The van der Waals surface area contributed by atoms with Gasteiger partial charge in [-0.1, -0.05) is 16.8 Å². The molecule has 1 saturated carbocycles. The third-order valence-electron chi connectivity index (χ3n) is 4.99. The summed E-state index contributed by atoms with van der Waals surface area (Å²) in [5.41, 5.74) is 0.693. The van der Waals surface area contributed by atoms with Crippen LogP contribution in [-0.2, 0) is 21.4 Å². The molecule has 0 bridgehead atoms. The van der Waals surface area contributed by atoms with E-state index in [9.17, 15) is 13.2 Å². The van der Waals surface area contributed by atoms with Gasteiger partial charge in [0.25, 0.3) is 15.9 Å². The molecule has 31 heavy (non-hydrogen) atoms. The molecule has 1 aliphatic heterocycles. The Morgan fingerprint density at radius 3 is 2.68 bits per heavy atom. The van der Waals surface area contributed by atoms with Crippen molar-refractivity contribution in [1.82, 2.24) is 10.1 Å². The van der Waals surface area contributed by atoms with Gasteiger partial charge in [-0.3, -0.25) is 14.4 Å². The van der Waals surface area contributed by atoms with Crippen molar-refractivity contribution in [1.29, 1.82) is 0 Å². The van der Waals surface area contributed by atoms with Crippen molar-refractivity contribution in [3.05, 3.63) is 59.2 Å². The zero-order valence-corrected chi connectivity index (χ0v) is 17.7. The van der Waals surface area contributed by atoms with Crippen molar-refractivity contribution in [2.45, 2.75) is 30.2 Å². The fourth-order valence-electron chi connectivity index (χ4n) is 3.22. The van der Waals surface area contributed by atoms with Crippen LogP contribution in [0.4, 0.5) is 11.4 Å². The Kier molecular flexibility index (Phi) is 4.82. The van der Waals surface area contributed by atoms with Gasteiger partial charge in [0.1, 0.15) is 5.75 Å². The molecule has 5 rings (SSSR count). The van der Waals surface area contributed by atoms with E-state index in [0.717, 1.165) is 12.8 Å². The third-order valence-corrected chi connectivity index (χ3v) is 6.62. The van der Waals surface area contributed by atoms with Crippen LogP contribution in [0.25, 0.3) is 0 Å². The monoisotopic (exact) mass is 460 g/mol. The fourth-order valence-corrected chi connectivity index (χ4v) is 4.43. The Bertz CT molecular complexity index is 1250. The number of halogens is 1. The number of carbonyl (C=O) groups excluding carboxylic acids is 1. The molecule has 11 heteroatoms. The Labute approximate surface area is 183 Å². The van der Waals surface area contributed by atoms with E-state index in [1.807, 2.05) is 0 Å². The molecule has 1 aromatic heterocycles. The lowest BCUT2D eigenvalue weighted by Gasteiger charge is -2.28. The first kappa shape index (κ1) is 19.8. The number of fused-ring (bicyclic) bond motifs is 1. The molecule has 1 fully saturated rings. The SMILES string of the molecule is O=C1COc2ccc(S(=O)(=O)Nc3ccc(Cl)cc3)cc2N1Cc1noc(C2CC2)n1. The number of amides is 1. The molecular weight excluding hydrogens is 444 g/mol. The number of hydrogen-bond acceptors (Lipinski definition) is 7. The van der Waals surface area contributed by atoms with Crippen LogP contribution in [0.3, 0.4) is 0 Å². The van der Waals surface area contributed by atoms with Crippen molar-refractivity contribution >= 4 is 38.9 Å². The minimum Gasteiger partial charge on any atom is -0.482 e. The summed E-state index contributed by atoms with van der Waals surface area (Å²) in [5.74, 6) is 1.29. The predicted octanol–water partition coefficient (Wildman–Crippen LogP) is 3.33. The van der Waals surface area contributed by atoms with Gasteiger partial charge in [0.15, 0.2) is 12.4 Å². The summed E-state index contributed by atoms with van der Waals surface area (Å²) in [6, 6.07) is 10.6. The smallest absolute Gasteiger partial charge is 0.265 e. The number of carbonyl (C=O) groups is 1. The molecule has 0 radical (unpaired) electrons. The summed E-state index contributed by atoms with van der Waals surface area (Å²) in [7, 11) is -3.91. The molecule has 2 aliphatic rings. The van der Waals surface area contributed by atoms with Crippen molar-refractivity contribution < 1.29 is 22.5 Å². The van der Waals surface area contributed by atoms with Gasteiger partial charge in [-0.25, -0.2) is 8.42 Å². The van der Waals surface area contributed by atoms with Gasteiger partial charge in [-0.15, -0.1) is 0 Å². The van der Waals surface area contributed by atoms with Crippen LogP contribution in [0.15, 0.2) is 51.9 Å². The van der Waals surface area contributed by atoms with E-state index in [0.29, 0.717) is 39.8 Å². The van der Waals surface area contributed by atoms with Crippen molar-refractivity contribution in [2.24, 2.45) is 0 Å². The zero-order chi connectivity index (χ0) is 21.6. The minimum atomic E-state index is -3.91.